The average Bonchev–Trinajstić information content (AvgIpc) is 1.54. The molecule has 0 spiro atoms. The topological polar surface area (TPSA) is 0 Å². The van der Waals surface area contributed by atoms with Crippen molar-refractivity contribution in [1.82, 2.24) is 0 Å². The van der Waals surface area contributed by atoms with Gasteiger partial charge in [-0.25, -0.2) is 0 Å². The van der Waals surface area contributed by atoms with Gasteiger partial charge >= 0.3 is 0 Å². The standard InChI is InChI=1S/C6H6/c1-2-6-4-3-5(1)6/h1,4H,2-3H2. The number of hydrogen-bond acceptors (Lipinski definition) is 0. The van der Waals surface area contributed by atoms with Crippen molar-refractivity contribution < 1.29 is 0 Å². The summed E-state index contributed by atoms with van der Waals surface area (Å²) in [6, 6.07) is 0. The fourth-order valence-electron chi connectivity index (χ4n) is 0.895. The van der Waals surface area contributed by atoms with Crippen LogP contribution in [0.4, 0.5) is 0 Å². The molecule has 2 rings (SSSR count). The Kier molecular flexibility index (Phi) is 0.264. The first-order valence-electron chi connectivity index (χ1n) is 2.35. The Balaban J connectivity index is 2.60. The van der Waals surface area contributed by atoms with Crippen molar-refractivity contribution in [3.05, 3.63) is 23.3 Å². The van der Waals surface area contributed by atoms with Gasteiger partial charge in [0.2, 0.25) is 0 Å². The maximum absolute atomic E-state index is 2.30. The van der Waals surface area contributed by atoms with Gasteiger partial charge in [0.25, 0.3) is 0 Å². The first-order valence-corrected chi connectivity index (χ1v) is 2.35. The summed E-state index contributed by atoms with van der Waals surface area (Å²) in [4.78, 5) is 0. The third kappa shape index (κ3) is 0.118. The molecule has 2 aliphatic carbocycles. The molecule has 0 aromatic carbocycles. The van der Waals surface area contributed by atoms with E-state index in [0.29, 0.717) is 0 Å². The van der Waals surface area contributed by atoms with E-state index in [9.17, 15) is 0 Å². The molecule has 0 saturated carbocycles. The summed E-state index contributed by atoms with van der Waals surface area (Å²) in [5.74, 6) is 0. The Bertz CT molecular complexity index is 120. The second kappa shape index (κ2) is 0.604. The fourth-order valence-corrected chi connectivity index (χ4v) is 0.895. The van der Waals surface area contributed by atoms with Crippen LogP contribution in [0, 0.1) is 0 Å². The van der Waals surface area contributed by atoms with E-state index in [1.165, 1.54) is 12.8 Å². The van der Waals surface area contributed by atoms with E-state index in [0.717, 1.165) is 0 Å². The van der Waals surface area contributed by atoms with Crippen LogP contribution in [0.15, 0.2) is 23.3 Å². The second-order valence-corrected chi connectivity index (χ2v) is 1.87. The maximum atomic E-state index is 2.30. The summed E-state index contributed by atoms with van der Waals surface area (Å²) >= 11 is 0. The fraction of sp³-hybridized carbons (Fsp3) is 0.333. The molecule has 0 unspecified atom stereocenters. The minimum Gasteiger partial charge on any atom is -0.0763 e. The zero-order valence-electron chi connectivity index (χ0n) is 3.57. The Morgan fingerprint density at radius 1 is 1.00 bits per heavy atom. The molecule has 0 nitrogen and oxygen atoms in total. The van der Waals surface area contributed by atoms with Crippen LogP contribution in [0.3, 0.4) is 0 Å². The molecule has 0 radical (unpaired) electrons. The Morgan fingerprint density at radius 2 is 1.50 bits per heavy atom. The minimum atomic E-state index is 1.26. The molecule has 0 heterocycles. The van der Waals surface area contributed by atoms with Gasteiger partial charge in [0.15, 0.2) is 0 Å². The zero-order chi connectivity index (χ0) is 3.98. The van der Waals surface area contributed by atoms with Crippen LogP contribution in [0.1, 0.15) is 12.8 Å². The lowest BCUT2D eigenvalue weighted by Crippen LogP contribution is -2.06. The van der Waals surface area contributed by atoms with Crippen molar-refractivity contribution in [3.63, 3.8) is 0 Å². The van der Waals surface area contributed by atoms with Gasteiger partial charge in [-0.3, -0.25) is 0 Å². The van der Waals surface area contributed by atoms with E-state index in [1.54, 1.807) is 11.1 Å². The van der Waals surface area contributed by atoms with Crippen molar-refractivity contribution >= 4 is 0 Å². The van der Waals surface area contributed by atoms with Crippen LogP contribution in [-0.2, 0) is 0 Å². The summed E-state index contributed by atoms with van der Waals surface area (Å²) in [6.45, 7) is 0. The predicted octanol–water partition coefficient (Wildman–Crippen LogP) is 1.65. The largest absolute Gasteiger partial charge is 0.0763 e. The number of allylic oxidation sites excluding steroid dienone is 4. The van der Waals surface area contributed by atoms with E-state index < -0.39 is 0 Å². The highest BCUT2D eigenvalue weighted by Crippen LogP contribution is 2.37. The third-order valence-electron chi connectivity index (χ3n) is 1.55. The van der Waals surface area contributed by atoms with E-state index in [-0.39, 0.29) is 0 Å². The summed E-state index contributed by atoms with van der Waals surface area (Å²) in [5.41, 5.74) is 3.21. The summed E-state index contributed by atoms with van der Waals surface area (Å²) in [7, 11) is 0. The first kappa shape index (κ1) is 2.62. The molecule has 0 N–H and O–H groups in total. The normalized spacial score (nSPS) is 25.3. The van der Waals surface area contributed by atoms with Crippen molar-refractivity contribution in [2.45, 2.75) is 12.8 Å². The van der Waals surface area contributed by atoms with Crippen LogP contribution < -0.4 is 0 Å². The van der Waals surface area contributed by atoms with Crippen LogP contribution in [0.25, 0.3) is 0 Å². The number of rotatable bonds is 0. The van der Waals surface area contributed by atoms with E-state index in [2.05, 4.69) is 12.2 Å². The van der Waals surface area contributed by atoms with Crippen LogP contribution in [0.2, 0.25) is 0 Å². The van der Waals surface area contributed by atoms with Gasteiger partial charge < -0.3 is 0 Å². The Hall–Kier alpha value is -0.520. The molecule has 0 atom stereocenters. The third-order valence-corrected chi connectivity index (χ3v) is 1.55. The van der Waals surface area contributed by atoms with Crippen molar-refractivity contribution in [1.29, 1.82) is 0 Å². The molecule has 2 aliphatic rings. The molecule has 0 aromatic heterocycles. The van der Waals surface area contributed by atoms with Crippen molar-refractivity contribution in [2.75, 3.05) is 0 Å². The Labute approximate surface area is 37.2 Å². The molecule has 0 aromatic rings. The molecule has 0 aliphatic heterocycles. The number of hydrogen-bond donors (Lipinski definition) is 0. The summed E-state index contributed by atoms with van der Waals surface area (Å²) in [5, 5.41) is 0. The van der Waals surface area contributed by atoms with Gasteiger partial charge in [0.1, 0.15) is 0 Å². The van der Waals surface area contributed by atoms with Gasteiger partial charge in [-0.2, -0.15) is 0 Å². The van der Waals surface area contributed by atoms with E-state index >= 15 is 0 Å². The van der Waals surface area contributed by atoms with Gasteiger partial charge in [-0.1, -0.05) is 12.2 Å². The van der Waals surface area contributed by atoms with Gasteiger partial charge in [0, 0.05) is 0 Å². The Morgan fingerprint density at radius 3 is 1.50 bits per heavy atom. The van der Waals surface area contributed by atoms with Crippen molar-refractivity contribution in [3.8, 4) is 0 Å². The molecular formula is C6H6. The lowest BCUT2D eigenvalue weighted by Gasteiger charge is -2.25. The zero-order valence-corrected chi connectivity index (χ0v) is 3.57. The minimum absolute atomic E-state index is 1.26. The molecule has 0 bridgehead atoms. The highest BCUT2D eigenvalue weighted by atomic mass is 14.2. The molecule has 0 fully saturated rings. The average molecular weight is 78.1 g/mol. The highest BCUT2D eigenvalue weighted by Gasteiger charge is 2.17. The molecule has 0 saturated heterocycles. The van der Waals surface area contributed by atoms with Crippen molar-refractivity contribution in [2.24, 2.45) is 0 Å². The SMILES string of the molecule is C1=C2CC=C2C1. The second-order valence-electron chi connectivity index (χ2n) is 1.87. The lowest BCUT2D eigenvalue weighted by atomic mass is 9.80. The monoisotopic (exact) mass is 78.0 g/mol. The smallest absolute Gasteiger partial charge is 0.00917 e. The molecule has 30 valence electrons. The molecule has 0 heteroatoms. The first-order chi connectivity index (χ1) is 2.97. The van der Waals surface area contributed by atoms with E-state index in [1.807, 2.05) is 0 Å². The number of fused-ring (bicyclic) bond motifs is 1. The predicted molar refractivity (Wildman–Crippen MR) is 25.4 cm³/mol. The summed E-state index contributed by atoms with van der Waals surface area (Å²) in [6.07, 6.45) is 7.12. The molecule has 6 heavy (non-hydrogen) atoms. The molecule has 0 amide bonds. The van der Waals surface area contributed by atoms with E-state index in [4.69, 9.17) is 0 Å². The summed E-state index contributed by atoms with van der Waals surface area (Å²) < 4.78 is 0. The van der Waals surface area contributed by atoms with Gasteiger partial charge in [-0.15, -0.1) is 0 Å². The molecular weight excluding hydrogens is 72.1 g/mol. The lowest BCUT2D eigenvalue weighted by molar-refractivity contribution is 0.939. The van der Waals surface area contributed by atoms with Crippen LogP contribution in [-0.4, -0.2) is 0 Å². The van der Waals surface area contributed by atoms with Crippen LogP contribution >= 0.6 is 0 Å². The highest BCUT2D eigenvalue weighted by molar-refractivity contribution is 5.50. The maximum Gasteiger partial charge on any atom is -0.00917 e. The quantitative estimate of drug-likeness (QED) is 0.413. The van der Waals surface area contributed by atoms with Gasteiger partial charge in [-0.05, 0) is 24.0 Å². The van der Waals surface area contributed by atoms with Crippen LogP contribution in [0.5, 0.6) is 0 Å². The van der Waals surface area contributed by atoms with Gasteiger partial charge in [0.05, 0.1) is 0 Å².